The average Bonchev–Trinajstić information content (AvgIpc) is 3.11. The Labute approximate surface area is 181 Å². The Morgan fingerprint density at radius 3 is 2.04 bits per heavy atom. The zero-order chi connectivity index (χ0) is 19.2. The highest BCUT2D eigenvalue weighted by atomic mass is 127. The maximum absolute atomic E-state index is 12.7. The van der Waals surface area contributed by atoms with Gasteiger partial charge in [0.15, 0.2) is 5.96 Å². The Hall–Kier alpha value is -0.610. The summed E-state index contributed by atoms with van der Waals surface area (Å²) in [6.07, 6.45) is 6.16. The monoisotopic (exact) mass is 495 g/mol. The summed E-state index contributed by atoms with van der Waals surface area (Å²) >= 11 is 0. The molecule has 1 saturated carbocycles. The van der Waals surface area contributed by atoms with Gasteiger partial charge >= 0.3 is 0 Å². The van der Waals surface area contributed by atoms with Crippen LogP contribution < -0.4 is 10.6 Å². The number of ether oxygens (including phenoxy) is 1. The third-order valence-corrected chi connectivity index (χ3v) is 6.20. The van der Waals surface area contributed by atoms with Crippen molar-refractivity contribution in [3.05, 3.63) is 0 Å². The van der Waals surface area contributed by atoms with E-state index >= 15 is 0 Å². The molecule has 0 radical (unpaired) electrons. The van der Waals surface area contributed by atoms with Crippen molar-refractivity contribution in [1.29, 1.82) is 0 Å². The van der Waals surface area contributed by atoms with Crippen LogP contribution in [0.4, 0.5) is 0 Å². The number of hydrogen-bond donors (Lipinski definition) is 2. The largest absolute Gasteiger partial charge is 0.381 e. The number of halogens is 1. The molecule has 2 aliphatic rings. The van der Waals surface area contributed by atoms with E-state index in [9.17, 15) is 4.79 Å². The minimum atomic E-state index is -0.293. The number of amides is 1. The lowest BCUT2D eigenvalue weighted by molar-refractivity contribution is -0.138. The minimum absolute atomic E-state index is 0. The second-order valence-corrected chi connectivity index (χ2v) is 8.20. The first-order chi connectivity index (χ1) is 12.4. The van der Waals surface area contributed by atoms with Crippen LogP contribution in [-0.4, -0.2) is 88.7 Å². The van der Waals surface area contributed by atoms with Crippen molar-refractivity contribution >= 4 is 35.8 Å². The van der Waals surface area contributed by atoms with Gasteiger partial charge in [-0.1, -0.05) is 12.8 Å². The van der Waals surface area contributed by atoms with Crippen molar-refractivity contribution in [1.82, 2.24) is 20.4 Å². The van der Waals surface area contributed by atoms with Crippen LogP contribution in [0.3, 0.4) is 0 Å². The second kappa shape index (κ2) is 10.8. The fourth-order valence-electron chi connectivity index (χ4n) is 4.25. The topological polar surface area (TPSA) is 69.2 Å². The number of carbonyl (C=O) groups excluding carboxylic acids is 1. The fourth-order valence-corrected chi connectivity index (χ4v) is 4.25. The van der Waals surface area contributed by atoms with Crippen molar-refractivity contribution in [3.8, 4) is 0 Å². The zero-order valence-electron chi connectivity index (χ0n) is 17.6. The first-order valence-electron chi connectivity index (χ1n) is 9.77. The van der Waals surface area contributed by atoms with Crippen LogP contribution in [0.25, 0.3) is 0 Å². The predicted molar refractivity (Wildman–Crippen MR) is 121 cm³/mol. The molecule has 0 unspecified atom stereocenters. The van der Waals surface area contributed by atoms with Gasteiger partial charge in [0, 0.05) is 53.0 Å². The number of carbonyl (C=O) groups is 1. The molecule has 2 rings (SSSR count). The van der Waals surface area contributed by atoms with Crippen molar-refractivity contribution < 1.29 is 9.53 Å². The summed E-state index contributed by atoms with van der Waals surface area (Å²) in [6.45, 7) is 3.05. The molecule has 0 spiro atoms. The van der Waals surface area contributed by atoms with E-state index in [0.717, 1.165) is 64.2 Å². The van der Waals surface area contributed by atoms with Crippen LogP contribution in [-0.2, 0) is 9.53 Å². The van der Waals surface area contributed by atoms with Gasteiger partial charge in [-0.15, -0.1) is 24.0 Å². The second-order valence-electron chi connectivity index (χ2n) is 8.20. The van der Waals surface area contributed by atoms with Crippen molar-refractivity contribution in [3.63, 3.8) is 0 Å². The quantitative estimate of drug-likeness (QED) is 0.333. The Morgan fingerprint density at radius 2 is 1.56 bits per heavy atom. The molecule has 7 nitrogen and oxygen atoms in total. The minimum Gasteiger partial charge on any atom is -0.381 e. The molecule has 1 amide bonds. The SMILES string of the molecule is CN=C(NCC1(C(=O)N(C)C)CCCC1)NCC1(N(C)C)CCOCC1.I. The lowest BCUT2D eigenvalue weighted by atomic mass is 9.84. The van der Waals surface area contributed by atoms with E-state index in [1.807, 2.05) is 14.1 Å². The molecule has 1 aliphatic carbocycles. The maximum atomic E-state index is 12.7. The molecule has 0 aromatic carbocycles. The Morgan fingerprint density at radius 1 is 1.00 bits per heavy atom. The Balaban J connectivity index is 0.00000364. The molecule has 2 fully saturated rings. The summed E-state index contributed by atoms with van der Waals surface area (Å²) in [4.78, 5) is 21.1. The summed E-state index contributed by atoms with van der Waals surface area (Å²) in [6, 6.07) is 0. The third kappa shape index (κ3) is 5.93. The van der Waals surface area contributed by atoms with Gasteiger partial charge in [-0.05, 0) is 39.8 Å². The molecule has 0 atom stereocenters. The summed E-state index contributed by atoms with van der Waals surface area (Å²) in [5.74, 6) is 1.00. The number of nitrogens with zero attached hydrogens (tertiary/aromatic N) is 3. The number of likely N-dealkylation sites (N-methyl/N-ethyl adjacent to an activating group) is 1. The van der Waals surface area contributed by atoms with E-state index in [2.05, 4.69) is 34.6 Å². The van der Waals surface area contributed by atoms with Gasteiger partial charge in [-0.2, -0.15) is 0 Å². The highest BCUT2D eigenvalue weighted by Gasteiger charge is 2.42. The van der Waals surface area contributed by atoms with Crippen LogP contribution in [0, 0.1) is 5.41 Å². The summed E-state index contributed by atoms with van der Waals surface area (Å²) in [5.41, 5.74) is -0.209. The molecule has 27 heavy (non-hydrogen) atoms. The van der Waals surface area contributed by atoms with E-state index < -0.39 is 0 Å². The van der Waals surface area contributed by atoms with E-state index in [1.165, 1.54) is 0 Å². The Bertz CT molecular complexity index is 498. The van der Waals surface area contributed by atoms with Gasteiger partial charge in [0.1, 0.15) is 0 Å². The van der Waals surface area contributed by atoms with Gasteiger partial charge in [-0.3, -0.25) is 9.79 Å². The fraction of sp³-hybridized carbons (Fsp3) is 0.895. The van der Waals surface area contributed by atoms with E-state index in [4.69, 9.17) is 4.74 Å². The number of hydrogen-bond acceptors (Lipinski definition) is 4. The predicted octanol–water partition coefficient (Wildman–Crippen LogP) is 1.53. The van der Waals surface area contributed by atoms with E-state index in [0.29, 0.717) is 6.54 Å². The maximum Gasteiger partial charge on any atom is 0.230 e. The molecule has 0 bridgehead atoms. The standard InChI is InChI=1S/C19H37N5O2.HI/c1-20-17(22-15-19(24(4)5)10-12-26-13-11-19)21-14-18(8-6-7-9-18)16(25)23(2)3;/h6-15H2,1-5H3,(H2,20,21,22);1H. The summed E-state index contributed by atoms with van der Waals surface area (Å²) in [7, 11) is 9.75. The van der Waals surface area contributed by atoms with E-state index in [1.54, 1.807) is 11.9 Å². The van der Waals surface area contributed by atoms with Gasteiger partial charge in [0.05, 0.1) is 5.41 Å². The van der Waals surface area contributed by atoms with Crippen LogP contribution in [0.15, 0.2) is 4.99 Å². The molecule has 0 aromatic rings. The molecule has 8 heteroatoms. The normalized spacial score (nSPS) is 21.5. The van der Waals surface area contributed by atoms with Crippen LogP contribution >= 0.6 is 24.0 Å². The van der Waals surface area contributed by atoms with Gasteiger partial charge in [0.2, 0.25) is 5.91 Å². The number of aliphatic imine (C=N–C) groups is 1. The van der Waals surface area contributed by atoms with Crippen LogP contribution in [0.1, 0.15) is 38.5 Å². The first kappa shape index (κ1) is 24.4. The molecular weight excluding hydrogens is 457 g/mol. The highest BCUT2D eigenvalue weighted by Crippen LogP contribution is 2.38. The van der Waals surface area contributed by atoms with Crippen LogP contribution in [0.5, 0.6) is 0 Å². The van der Waals surface area contributed by atoms with Crippen LogP contribution in [0.2, 0.25) is 0 Å². The molecule has 2 N–H and O–H groups in total. The zero-order valence-corrected chi connectivity index (χ0v) is 20.0. The van der Waals surface area contributed by atoms with Crippen molar-refractivity contribution in [2.75, 3.05) is 61.5 Å². The van der Waals surface area contributed by atoms with Gasteiger partial charge in [-0.25, -0.2) is 0 Å². The molecule has 1 heterocycles. The van der Waals surface area contributed by atoms with Crippen molar-refractivity contribution in [2.24, 2.45) is 10.4 Å². The Kier molecular flexibility index (Phi) is 9.77. The average molecular weight is 495 g/mol. The smallest absolute Gasteiger partial charge is 0.230 e. The third-order valence-electron chi connectivity index (χ3n) is 6.20. The molecule has 0 aromatic heterocycles. The van der Waals surface area contributed by atoms with E-state index in [-0.39, 0.29) is 40.8 Å². The molecule has 1 saturated heterocycles. The lowest BCUT2D eigenvalue weighted by Gasteiger charge is -2.43. The molecule has 158 valence electrons. The van der Waals surface area contributed by atoms with Gasteiger partial charge in [0.25, 0.3) is 0 Å². The first-order valence-corrected chi connectivity index (χ1v) is 9.77. The number of nitrogens with one attached hydrogen (secondary N) is 2. The highest BCUT2D eigenvalue weighted by molar-refractivity contribution is 14.0. The molecular formula is C19H38IN5O2. The molecule has 1 aliphatic heterocycles. The summed E-state index contributed by atoms with van der Waals surface area (Å²) in [5, 5.41) is 6.91. The lowest BCUT2D eigenvalue weighted by Crippen LogP contribution is -2.57. The number of guanidine groups is 1. The van der Waals surface area contributed by atoms with Crippen molar-refractivity contribution in [2.45, 2.75) is 44.1 Å². The summed E-state index contributed by atoms with van der Waals surface area (Å²) < 4.78 is 5.54. The van der Waals surface area contributed by atoms with Gasteiger partial charge < -0.3 is 25.2 Å². The number of rotatable bonds is 6.